The molecule has 0 bridgehead atoms. The van der Waals surface area contributed by atoms with E-state index >= 15 is 0 Å². The molecule has 1 N–H and O–H groups in total. The van der Waals surface area contributed by atoms with Gasteiger partial charge in [-0.15, -0.1) is 11.3 Å². The van der Waals surface area contributed by atoms with E-state index in [9.17, 15) is 0 Å². The minimum atomic E-state index is 0.390. The van der Waals surface area contributed by atoms with E-state index in [1.807, 2.05) is 18.8 Å². The Morgan fingerprint density at radius 1 is 1.53 bits per heavy atom. The summed E-state index contributed by atoms with van der Waals surface area (Å²) in [6, 6.07) is 0.390. The standard InChI is InChI=1S/C12H23N3S2/c1-9(13-3)11-10(2)14-12(17-11)15(4)7-6-8-16-5/h9,13H,6-8H2,1-5H3. The van der Waals surface area contributed by atoms with Crippen molar-refractivity contribution in [1.29, 1.82) is 0 Å². The molecular formula is C12H23N3S2. The summed E-state index contributed by atoms with van der Waals surface area (Å²) in [4.78, 5) is 8.27. The van der Waals surface area contributed by atoms with Gasteiger partial charge in [-0.1, -0.05) is 0 Å². The summed E-state index contributed by atoms with van der Waals surface area (Å²) in [5.41, 5.74) is 1.16. The topological polar surface area (TPSA) is 28.2 Å². The normalized spacial score (nSPS) is 12.8. The van der Waals surface area contributed by atoms with Crippen molar-refractivity contribution in [1.82, 2.24) is 10.3 Å². The van der Waals surface area contributed by atoms with Gasteiger partial charge in [-0.2, -0.15) is 11.8 Å². The number of rotatable bonds is 7. The maximum Gasteiger partial charge on any atom is 0.185 e. The first-order valence-corrected chi connectivity index (χ1v) is 8.15. The Morgan fingerprint density at radius 3 is 2.82 bits per heavy atom. The van der Waals surface area contributed by atoms with Crippen LogP contribution in [0.15, 0.2) is 0 Å². The van der Waals surface area contributed by atoms with Crippen LogP contribution in [0.3, 0.4) is 0 Å². The molecule has 17 heavy (non-hydrogen) atoms. The summed E-state index contributed by atoms with van der Waals surface area (Å²) >= 11 is 3.71. The van der Waals surface area contributed by atoms with Crippen molar-refractivity contribution < 1.29 is 0 Å². The predicted octanol–water partition coefficient (Wildman–Crippen LogP) is 2.92. The lowest BCUT2D eigenvalue weighted by molar-refractivity contribution is 0.658. The van der Waals surface area contributed by atoms with Crippen molar-refractivity contribution in [3.05, 3.63) is 10.6 Å². The molecule has 0 fully saturated rings. The summed E-state index contributed by atoms with van der Waals surface area (Å²) in [5.74, 6) is 1.22. The van der Waals surface area contributed by atoms with Crippen LogP contribution in [0, 0.1) is 6.92 Å². The average molecular weight is 273 g/mol. The SMILES string of the molecule is CNC(C)c1sc(N(C)CCCSC)nc1C. The molecule has 0 aromatic carbocycles. The van der Waals surface area contributed by atoms with Crippen LogP contribution in [0.5, 0.6) is 0 Å². The lowest BCUT2D eigenvalue weighted by atomic mass is 10.2. The van der Waals surface area contributed by atoms with Crippen LogP contribution in [0.25, 0.3) is 0 Å². The molecule has 0 spiro atoms. The third-order valence-electron chi connectivity index (χ3n) is 2.82. The molecule has 0 saturated heterocycles. The van der Waals surface area contributed by atoms with Gasteiger partial charge in [0.05, 0.1) is 5.69 Å². The van der Waals surface area contributed by atoms with E-state index in [0.29, 0.717) is 6.04 Å². The van der Waals surface area contributed by atoms with E-state index in [4.69, 9.17) is 0 Å². The summed E-state index contributed by atoms with van der Waals surface area (Å²) < 4.78 is 0. The zero-order valence-electron chi connectivity index (χ0n) is 11.4. The Hall–Kier alpha value is -0.260. The molecule has 0 saturated carbocycles. The van der Waals surface area contributed by atoms with E-state index in [0.717, 1.165) is 17.4 Å². The molecule has 0 aliphatic heterocycles. The van der Waals surface area contributed by atoms with Gasteiger partial charge in [0.1, 0.15) is 0 Å². The van der Waals surface area contributed by atoms with Gasteiger partial charge in [-0.3, -0.25) is 0 Å². The molecule has 0 aliphatic rings. The molecule has 1 atom stereocenters. The van der Waals surface area contributed by atoms with Crippen LogP contribution in [0.1, 0.15) is 30.0 Å². The van der Waals surface area contributed by atoms with E-state index in [2.05, 4.69) is 42.4 Å². The second kappa shape index (κ2) is 7.24. The quantitative estimate of drug-likeness (QED) is 0.773. The maximum atomic E-state index is 4.66. The van der Waals surface area contributed by atoms with Crippen molar-refractivity contribution in [3.8, 4) is 0 Å². The Labute approximate surface area is 113 Å². The summed E-state index contributed by atoms with van der Waals surface area (Å²) in [5, 5.41) is 4.41. The van der Waals surface area contributed by atoms with Gasteiger partial charge in [-0.25, -0.2) is 4.98 Å². The third-order valence-corrected chi connectivity index (χ3v) is 4.97. The van der Waals surface area contributed by atoms with Gasteiger partial charge in [0, 0.05) is 24.5 Å². The number of hydrogen-bond acceptors (Lipinski definition) is 5. The van der Waals surface area contributed by atoms with E-state index < -0.39 is 0 Å². The first-order chi connectivity index (χ1) is 8.10. The molecular weight excluding hydrogens is 250 g/mol. The fourth-order valence-corrected chi connectivity index (χ4v) is 3.16. The number of aromatic nitrogens is 1. The molecule has 0 aliphatic carbocycles. The summed E-state index contributed by atoms with van der Waals surface area (Å²) in [7, 11) is 4.12. The second-order valence-corrected chi connectivity index (χ2v) is 6.22. The van der Waals surface area contributed by atoms with Crippen LogP contribution >= 0.6 is 23.1 Å². The second-order valence-electron chi connectivity index (χ2n) is 4.22. The summed E-state index contributed by atoms with van der Waals surface area (Å²) in [6.45, 7) is 5.36. The van der Waals surface area contributed by atoms with Gasteiger partial charge in [-0.05, 0) is 39.3 Å². The van der Waals surface area contributed by atoms with Crippen LogP contribution in [-0.2, 0) is 0 Å². The van der Waals surface area contributed by atoms with Crippen molar-refractivity contribution in [2.45, 2.75) is 26.3 Å². The highest BCUT2D eigenvalue weighted by Crippen LogP contribution is 2.29. The fraction of sp³-hybridized carbons (Fsp3) is 0.750. The van der Waals surface area contributed by atoms with Crippen LogP contribution < -0.4 is 10.2 Å². The lowest BCUT2D eigenvalue weighted by Crippen LogP contribution is -2.18. The van der Waals surface area contributed by atoms with Gasteiger partial charge in [0.15, 0.2) is 5.13 Å². The number of nitrogens with one attached hydrogen (secondary N) is 1. The highest BCUT2D eigenvalue weighted by atomic mass is 32.2. The van der Waals surface area contributed by atoms with Crippen molar-refractivity contribution in [2.24, 2.45) is 0 Å². The number of thioether (sulfide) groups is 1. The van der Waals surface area contributed by atoms with Gasteiger partial charge < -0.3 is 10.2 Å². The van der Waals surface area contributed by atoms with Gasteiger partial charge >= 0.3 is 0 Å². The average Bonchev–Trinajstić information content (AvgIpc) is 2.70. The lowest BCUT2D eigenvalue weighted by Gasteiger charge is -2.15. The van der Waals surface area contributed by atoms with Crippen LogP contribution in [0.2, 0.25) is 0 Å². The summed E-state index contributed by atoms with van der Waals surface area (Å²) in [6.07, 6.45) is 3.37. The third kappa shape index (κ3) is 4.16. The molecule has 1 rings (SSSR count). The Bertz CT molecular complexity index is 338. The van der Waals surface area contributed by atoms with Crippen molar-refractivity contribution in [2.75, 3.05) is 37.5 Å². The predicted molar refractivity (Wildman–Crippen MR) is 80.6 cm³/mol. The largest absolute Gasteiger partial charge is 0.351 e. The number of thiazole rings is 1. The first-order valence-electron chi connectivity index (χ1n) is 5.94. The first kappa shape index (κ1) is 14.8. The minimum absolute atomic E-state index is 0.390. The molecule has 0 radical (unpaired) electrons. The number of aryl methyl sites for hydroxylation is 1. The Balaban J connectivity index is 2.65. The van der Waals surface area contributed by atoms with Gasteiger partial charge in [0.25, 0.3) is 0 Å². The van der Waals surface area contributed by atoms with Crippen LogP contribution in [-0.4, -0.2) is 37.6 Å². The molecule has 1 unspecified atom stereocenters. The zero-order valence-corrected chi connectivity index (χ0v) is 13.0. The number of nitrogens with zero attached hydrogens (tertiary/aromatic N) is 2. The van der Waals surface area contributed by atoms with Crippen LogP contribution in [0.4, 0.5) is 5.13 Å². The van der Waals surface area contributed by atoms with Crippen molar-refractivity contribution in [3.63, 3.8) is 0 Å². The molecule has 1 aromatic heterocycles. The highest BCUT2D eigenvalue weighted by Gasteiger charge is 2.14. The Kier molecular flexibility index (Phi) is 6.30. The minimum Gasteiger partial charge on any atom is -0.351 e. The van der Waals surface area contributed by atoms with E-state index in [1.54, 1.807) is 11.3 Å². The zero-order chi connectivity index (χ0) is 12.8. The molecule has 98 valence electrons. The monoisotopic (exact) mass is 273 g/mol. The molecule has 1 heterocycles. The maximum absolute atomic E-state index is 4.66. The molecule has 5 heteroatoms. The Morgan fingerprint density at radius 2 is 2.24 bits per heavy atom. The van der Waals surface area contributed by atoms with Crippen molar-refractivity contribution >= 4 is 28.2 Å². The van der Waals surface area contributed by atoms with E-state index in [1.165, 1.54) is 17.1 Å². The smallest absolute Gasteiger partial charge is 0.185 e. The number of hydrogen-bond donors (Lipinski definition) is 1. The highest BCUT2D eigenvalue weighted by molar-refractivity contribution is 7.98. The van der Waals surface area contributed by atoms with E-state index in [-0.39, 0.29) is 0 Å². The fourth-order valence-electron chi connectivity index (χ4n) is 1.63. The molecule has 0 amide bonds. The van der Waals surface area contributed by atoms with Gasteiger partial charge in [0.2, 0.25) is 0 Å². The molecule has 1 aromatic rings. The number of anilines is 1. The molecule has 3 nitrogen and oxygen atoms in total.